The van der Waals surface area contributed by atoms with Gasteiger partial charge in [-0.15, -0.1) is 0 Å². The standard InChI is InChI=1S/C21H23N5/c1-13-7-15(10-22)8-14(2)19(13)20-21(26(4)12-25-20)16-5-6-17(11-23)18(9-16)24-3/h5-9,12,24H,10,22H2,1-4H3. The molecule has 0 radical (unpaired) electrons. The molecule has 0 atom stereocenters. The Bertz CT molecular complexity index is 985. The minimum Gasteiger partial charge on any atom is -0.387 e. The molecule has 1 heterocycles. The van der Waals surface area contributed by atoms with E-state index in [0.29, 0.717) is 12.1 Å². The molecule has 0 aliphatic heterocycles. The van der Waals surface area contributed by atoms with Crippen molar-refractivity contribution in [1.29, 1.82) is 5.26 Å². The van der Waals surface area contributed by atoms with Gasteiger partial charge in [0.05, 0.1) is 29.0 Å². The molecule has 0 bridgehead atoms. The first kappa shape index (κ1) is 17.7. The van der Waals surface area contributed by atoms with E-state index < -0.39 is 0 Å². The van der Waals surface area contributed by atoms with Crippen LogP contribution in [0.4, 0.5) is 5.69 Å². The summed E-state index contributed by atoms with van der Waals surface area (Å²) in [6.07, 6.45) is 1.83. The molecule has 0 aliphatic rings. The molecule has 0 spiro atoms. The number of imidazole rings is 1. The van der Waals surface area contributed by atoms with Gasteiger partial charge >= 0.3 is 0 Å². The molecular formula is C21H23N5. The number of aromatic nitrogens is 2. The average molecular weight is 345 g/mol. The van der Waals surface area contributed by atoms with Crippen molar-refractivity contribution in [3.63, 3.8) is 0 Å². The third-order valence-corrected chi connectivity index (χ3v) is 4.68. The predicted octanol–water partition coefficient (Wildman–Crippen LogP) is 3.74. The second-order valence-electron chi connectivity index (χ2n) is 6.48. The molecule has 3 aromatic rings. The van der Waals surface area contributed by atoms with Crippen molar-refractivity contribution in [2.75, 3.05) is 12.4 Å². The van der Waals surface area contributed by atoms with Gasteiger partial charge in [-0.25, -0.2) is 4.98 Å². The van der Waals surface area contributed by atoms with Crippen molar-refractivity contribution in [3.05, 3.63) is 58.9 Å². The maximum Gasteiger partial charge on any atom is 0.101 e. The highest BCUT2D eigenvalue weighted by atomic mass is 15.0. The molecule has 0 fully saturated rings. The number of hydrogen-bond acceptors (Lipinski definition) is 4. The summed E-state index contributed by atoms with van der Waals surface area (Å²) in [5.41, 5.74) is 14.8. The zero-order valence-electron chi connectivity index (χ0n) is 15.6. The Kier molecular flexibility index (Phi) is 4.79. The highest BCUT2D eigenvalue weighted by Gasteiger charge is 2.18. The summed E-state index contributed by atoms with van der Waals surface area (Å²) < 4.78 is 2.02. The minimum atomic E-state index is 0.526. The summed E-state index contributed by atoms with van der Waals surface area (Å²) in [6, 6.07) is 12.3. The van der Waals surface area contributed by atoms with Crippen LogP contribution in [0.5, 0.6) is 0 Å². The summed E-state index contributed by atoms with van der Waals surface area (Å²) in [5, 5.41) is 12.4. The molecule has 0 saturated heterocycles. The molecule has 132 valence electrons. The molecule has 0 amide bonds. The lowest BCUT2D eigenvalue weighted by atomic mass is 9.94. The summed E-state index contributed by atoms with van der Waals surface area (Å²) in [7, 11) is 3.81. The molecule has 0 unspecified atom stereocenters. The Labute approximate surface area is 154 Å². The van der Waals surface area contributed by atoms with E-state index >= 15 is 0 Å². The van der Waals surface area contributed by atoms with Gasteiger partial charge in [0.1, 0.15) is 6.07 Å². The van der Waals surface area contributed by atoms with Gasteiger partial charge in [0, 0.05) is 31.8 Å². The van der Waals surface area contributed by atoms with Gasteiger partial charge in [0.2, 0.25) is 0 Å². The molecule has 26 heavy (non-hydrogen) atoms. The largest absolute Gasteiger partial charge is 0.387 e. The Morgan fingerprint density at radius 3 is 2.46 bits per heavy atom. The molecule has 0 saturated carbocycles. The molecule has 1 aromatic heterocycles. The van der Waals surface area contributed by atoms with E-state index in [-0.39, 0.29) is 0 Å². The van der Waals surface area contributed by atoms with Crippen LogP contribution in [0.1, 0.15) is 22.3 Å². The number of hydrogen-bond donors (Lipinski definition) is 2. The van der Waals surface area contributed by atoms with Crippen LogP contribution in [0.25, 0.3) is 22.5 Å². The van der Waals surface area contributed by atoms with Crippen molar-refractivity contribution in [2.24, 2.45) is 12.8 Å². The van der Waals surface area contributed by atoms with E-state index in [9.17, 15) is 5.26 Å². The Morgan fingerprint density at radius 2 is 1.88 bits per heavy atom. The summed E-state index contributed by atoms with van der Waals surface area (Å²) >= 11 is 0. The first-order valence-corrected chi connectivity index (χ1v) is 8.54. The quantitative estimate of drug-likeness (QED) is 0.755. The minimum absolute atomic E-state index is 0.526. The first-order chi connectivity index (χ1) is 12.5. The van der Waals surface area contributed by atoms with Gasteiger partial charge in [-0.1, -0.05) is 18.2 Å². The fraction of sp³-hybridized carbons (Fsp3) is 0.238. The van der Waals surface area contributed by atoms with Crippen LogP contribution < -0.4 is 11.1 Å². The van der Waals surface area contributed by atoms with Crippen LogP contribution in [0.15, 0.2) is 36.7 Å². The summed E-state index contributed by atoms with van der Waals surface area (Å²) in [5.74, 6) is 0. The third kappa shape index (κ3) is 2.96. The fourth-order valence-corrected chi connectivity index (χ4v) is 3.49. The predicted molar refractivity (Wildman–Crippen MR) is 106 cm³/mol. The van der Waals surface area contributed by atoms with Crippen molar-refractivity contribution < 1.29 is 0 Å². The van der Waals surface area contributed by atoms with Crippen molar-refractivity contribution in [2.45, 2.75) is 20.4 Å². The summed E-state index contributed by atoms with van der Waals surface area (Å²) in [4.78, 5) is 4.68. The zero-order valence-corrected chi connectivity index (χ0v) is 15.6. The Morgan fingerprint density at radius 1 is 1.19 bits per heavy atom. The van der Waals surface area contributed by atoms with E-state index in [2.05, 4.69) is 42.4 Å². The fourth-order valence-electron chi connectivity index (χ4n) is 3.49. The number of nitrogens with zero attached hydrogens (tertiary/aromatic N) is 3. The van der Waals surface area contributed by atoms with Crippen molar-refractivity contribution in [1.82, 2.24) is 9.55 Å². The molecule has 5 heteroatoms. The van der Waals surface area contributed by atoms with E-state index in [0.717, 1.165) is 44.9 Å². The number of nitriles is 1. The Hall–Kier alpha value is -3.10. The number of benzene rings is 2. The lowest BCUT2D eigenvalue weighted by Gasteiger charge is -2.14. The number of anilines is 1. The second kappa shape index (κ2) is 7.03. The van der Waals surface area contributed by atoms with E-state index in [1.807, 2.05) is 43.2 Å². The normalized spacial score (nSPS) is 10.6. The molecule has 3 rings (SSSR count). The van der Waals surface area contributed by atoms with Crippen LogP contribution in [-0.2, 0) is 13.6 Å². The number of nitrogens with two attached hydrogens (primary N) is 1. The third-order valence-electron chi connectivity index (χ3n) is 4.68. The highest BCUT2D eigenvalue weighted by Crippen LogP contribution is 2.36. The molecule has 2 aromatic carbocycles. The van der Waals surface area contributed by atoms with E-state index in [1.54, 1.807) is 0 Å². The lowest BCUT2D eigenvalue weighted by molar-refractivity contribution is 0.921. The Balaban J connectivity index is 2.23. The van der Waals surface area contributed by atoms with Crippen LogP contribution in [0, 0.1) is 25.2 Å². The van der Waals surface area contributed by atoms with Gasteiger partial charge in [0.25, 0.3) is 0 Å². The van der Waals surface area contributed by atoms with Gasteiger partial charge < -0.3 is 15.6 Å². The number of rotatable bonds is 4. The number of aryl methyl sites for hydroxylation is 3. The highest BCUT2D eigenvalue weighted by molar-refractivity contribution is 5.84. The van der Waals surface area contributed by atoms with E-state index in [1.165, 1.54) is 0 Å². The monoisotopic (exact) mass is 345 g/mol. The molecule has 5 nitrogen and oxygen atoms in total. The smallest absolute Gasteiger partial charge is 0.101 e. The molecule has 3 N–H and O–H groups in total. The maximum atomic E-state index is 9.26. The number of nitrogens with one attached hydrogen (secondary N) is 1. The van der Waals surface area contributed by atoms with Crippen LogP contribution >= 0.6 is 0 Å². The van der Waals surface area contributed by atoms with Gasteiger partial charge in [-0.3, -0.25) is 0 Å². The van der Waals surface area contributed by atoms with E-state index in [4.69, 9.17) is 5.73 Å². The van der Waals surface area contributed by atoms with Crippen molar-refractivity contribution in [3.8, 4) is 28.6 Å². The van der Waals surface area contributed by atoms with Gasteiger partial charge in [0.15, 0.2) is 0 Å². The van der Waals surface area contributed by atoms with Gasteiger partial charge in [-0.2, -0.15) is 5.26 Å². The zero-order chi connectivity index (χ0) is 18.8. The molecular weight excluding hydrogens is 322 g/mol. The molecule has 0 aliphatic carbocycles. The SMILES string of the molecule is CNc1cc(-c2c(-c3c(C)cc(CN)cc3C)ncn2C)ccc1C#N. The van der Waals surface area contributed by atoms with Crippen LogP contribution in [-0.4, -0.2) is 16.6 Å². The first-order valence-electron chi connectivity index (χ1n) is 8.54. The summed E-state index contributed by atoms with van der Waals surface area (Å²) in [6.45, 7) is 4.72. The van der Waals surface area contributed by atoms with Gasteiger partial charge in [-0.05, 0) is 42.7 Å². The average Bonchev–Trinajstić information content (AvgIpc) is 3.01. The van der Waals surface area contributed by atoms with Crippen LogP contribution in [0.3, 0.4) is 0 Å². The van der Waals surface area contributed by atoms with Crippen molar-refractivity contribution >= 4 is 5.69 Å². The maximum absolute atomic E-state index is 9.26. The second-order valence-corrected chi connectivity index (χ2v) is 6.48. The van der Waals surface area contributed by atoms with Crippen LogP contribution in [0.2, 0.25) is 0 Å². The topological polar surface area (TPSA) is 79.7 Å². The lowest BCUT2D eigenvalue weighted by Crippen LogP contribution is -2.01.